The van der Waals surface area contributed by atoms with Crippen molar-refractivity contribution in [2.75, 3.05) is 5.32 Å². The lowest BCUT2D eigenvalue weighted by Crippen LogP contribution is -1.93. The molecular formula is C10H7FIN3. The van der Waals surface area contributed by atoms with E-state index in [4.69, 9.17) is 10.7 Å². The Hall–Kier alpha value is -1.42. The molecule has 0 unspecified atom stereocenters. The molecule has 0 atom stereocenters. The van der Waals surface area contributed by atoms with E-state index in [1.807, 2.05) is 22.6 Å². The molecule has 0 aliphatic carbocycles. The van der Waals surface area contributed by atoms with Crippen LogP contribution in [0.2, 0.25) is 0 Å². The Morgan fingerprint density at radius 2 is 2.33 bits per heavy atom. The fraction of sp³-hybridized carbons (Fsp3) is 0. The summed E-state index contributed by atoms with van der Waals surface area (Å²) in [7, 11) is 0. The third-order valence-electron chi connectivity index (χ3n) is 1.54. The number of nitriles is 1. The summed E-state index contributed by atoms with van der Waals surface area (Å²) in [5.41, 5.74) is 0.596. The fourth-order valence-corrected chi connectivity index (χ4v) is 1.49. The Labute approximate surface area is 100 Å². The minimum Gasteiger partial charge on any atom is -0.361 e. The Bertz CT molecular complexity index is 448. The van der Waals surface area contributed by atoms with Crippen molar-refractivity contribution >= 4 is 34.0 Å². The minimum absolute atomic E-state index is 0.139. The van der Waals surface area contributed by atoms with Crippen LogP contribution in [-0.2, 0) is 0 Å². The van der Waals surface area contributed by atoms with E-state index in [-0.39, 0.29) is 11.5 Å². The number of hydrogen-bond donors (Lipinski definition) is 2. The van der Waals surface area contributed by atoms with Gasteiger partial charge in [-0.2, -0.15) is 5.26 Å². The summed E-state index contributed by atoms with van der Waals surface area (Å²) < 4.78 is 13.5. The zero-order valence-corrected chi connectivity index (χ0v) is 9.75. The SMILES string of the molecule is N#CC(=N)/C=C\Nc1ccc(F)cc1I. The summed E-state index contributed by atoms with van der Waals surface area (Å²) >= 11 is 2.00. The topological polar surface area (TPSA) is 59.7 Å². The standard InChI is InChI=1S/C10H7FIN3/c11-7-1-2-10(9(12)5-7)15-4-3-8(14)6-13/h1-5,14-15H/b4-3-,14-8?. The molecule has 76 valence electrons. The van der Waals surface area contributed by atoms with Crippen molar-refractivity contribution < 1.29 is 4.39 Å². The highest BCUT2D eigenvalue weighted by Gasteiger charge is 1.98. The van der Waals surface area contributed by atoms with Crippen LogP contribution in [0.1, 0.15) is 0 Å². The molecule has 0 aromatic heterocycles. The third-order valence-corrected chi connectivity index (χ3v) is 2.43. The van der Waals surface area contributed by atoms with Crippen LogP contribution in [0.3, 0.4) is 0 Å². The minimum atomic E-state index is -0.293. The summed E-state index contributed by atoms with van der Waals surface area (Å²) in [6, 6.07) is 6.00. The second-order valence-corrected chi connectivity index (χ2v) is 3.79. The second kappa shape index (κ2) is 5.46. The maximum absolute atomic E-state index is 12.7. The molecule has 5 heteroatoms. The summed E-state index contributed by atoms with van der Waals surface area (Å²) in [5.74, 6) is -0.293. The zero-order valence-electron chi connectivity index (χ0n) is 7.59. The molecule has 1 rings (SSSR count). The smallest absolute Gasteiger partial charge is 0.133 e. The van der Waals surface area contributed by atoms with Gasteiger partial charge in [-0.25, -0.2) is 4.39 Å². The van der Waals surface area contributed by atoms with Gasteiger partial charge in [0.1, 0.15) is 17.6 Å². The summed E-state index contributed by atoms with van der Waals surface area (Å²) in [6.07, 6.45) is 2.81. The average molecular weight is 315 g/mol. The summed E-state index contributed by atoms with van der Waals surface area (Å²) in [4.78, 5) is 0. The van der Waals surface area contributed by atoms with Gasteiger partial charge in [-0.05, 0) is 46.9 Å². The number of allylic oxidation sites excluding steroid dienone is 1. The predicted molar refractivity (Wildman–Crippen MR) is 65.2 cm³/mol. The quantitative estimate of drug-likeness (QED) is 0.665. The monoisotopic (exact) mass is 315 g/mol. The van der Waals surface area contributed by atoms with Crippen molar-refractivity contribution in [3.8, 4) is 6.07 Å². The maximum atomic E-state index is 12.7. The first kappa shape index (κ1) is 11.7. The van der Waals surface area contributed by atoms with Gasteiger partial charge in [0.05, 0.1) is 5.69 Å². The molecule has 3 nitrogen and oxygen atoms in total. The molecule has 0 amide bonds. The van der Waals surface area contributed by atoms with Gasteiger partial charge in [-0.1, -0.05) is 0 Å². The molecule has 0 saturated heterocycles. The number of rotatable bonds is 3. The number of nitrogens with zero attached hydrogens (tertiary/aromatic N) is 1. The van der Waals surface area contributed by atoms with Gasteiger partial charge in [-0.3, -0.25) is 5.41 Å². The van der Waals surface area contributed by atoms with Crippen molar-refractivity contribution in [1.29, 1.82) is 10.7 Å². The molecule has 0 radical (unpaired) electrons. The molecule has 2 N–H and O–H groups in total. The van der Waals surface area contributed by atoms with Gasteiger partial charge in [0.2, 0.25) is 0 Å². The van der Waals surface area contributed by atoms with E-state index in [1.54, 1.807) is 12.1 Å². The van der Waals surface area contributed by atoms with E-state index in [1.165, 1.54) is 24.4 Å². The number of anilines is 1. The fourth-order valence-electron chi connectivity index (χ4n) is 0.859. The van der Waals surface area contributed by atoms with E-state index < -0.39 is 0 Å². The van der Waals surface area contributed by atoms with Crippen molar-refractivity contribution in [3.05, 3.63) is 39.9 Å². The maximum Gasteiger partial charge on any atom is 0.133 e. The van der Waals surface area contributed by atoms with Gasteiger partial charge in [-0.15, -0.1) is 0 Å². The zero-order chi connectivity index (χ0) is 11.3. The molecule has 0 heterocycles. The van der Waals surface area contributed by atoms with Crippen LogP contribution in [-0.4, -0.2) is 5.71 Å². The van der Waals surface area contributed by atoms with Crippen LogP contribution in [0.5, 0.6) is 0 Å². The first-order valence-corrected chi connectivity index (χ1v) is 5.08. The molecule has 0 spiro atoms. The highest BCUT2D eigenvalue weighted by molar-refractivity contribution is 14.1. The number of benzene rings is 1. The summed E-state index contributed by atoms with van der Waals surface area (Å²) in [6.45, 7) is 0. The van der Waals surface area contributed by atoms with Gasteiger partial charge in [0, 0.05) is 9.77 Å². The van der Waals surface area contributed by atoms with Crippen LogP contribution in [0, 0.1) is 26.1 Å². The van der Waals surface area contributed by atoms with Crippen molar-refractivity contribution in [1.82, 2.24) is 0 Å². The summed E-state index contributed by atoms with van der Waals surface area (Å²) in [5, 5.41) is 18.2. The molecule has 1 aromatic carbocycles. The predicted octanol–water partition coefficient (Wildman–Crippen LogP) is 2.90. The van der Waals surface area contributed by atoms with E-state index in [2.05, 4.69) is 5.32 Å². The molecule has 0 aliphatic heterocycles. The normalized spacial score (nSPS) is 9.93. The molecule has 15 heavy (non-hydrogen) atoms. The van der Waals surface area contributed by atoms with E-state index in [0.29, 0.717) is 0 Å². The van der Waals surface area contributed by atoms with Gasteiger partial charge in [0.15, 0.2) is 0 Å². The lowest BCUT2D eigenvalue weighted by molar-refractivity contribution is 0.627. The van der Waals surface area contributed by atoms with Crippen molar-refractivity contribution in [3.63, 3.8) is 0 Å². The Morgan fingerprint density at radius 1 is 1.60 bits per heavy atom. The molecular weight excluding hydrogens is 308 g/mol. The Balaban J connectivity index is 2.71. The van der Waals surface area contributed by atoms with Gasteiger partial charge in [0.25, 0.3) is 0 Å². The molecule has 0 bridgehead atoms. The average Bonchev–Trinajstić information content (AvgIpc) is 2.21. The van der Waals surface area contributed by atoms with Gasteiger partial charge < -0.3 is 5.32 Å². The lowest BCUT2D eigenvalue weighted by Gasteiger charge is -2.03. The van der Waals surface area contributed by atoms with Crippen molar-refractivity contribution in [2.45, 2.75) is 0 Å². The van der Waals surface area contributed by atoms with Crippen LogP contribution in [0.15, 0.2) is 30.5 Å². The first-order valence-electron chi connectivity index (χ1n) is 4.00. The van der Waals surface area contributed by atoms with Crippen LogP contribution in [0.4, 0.5) is 10.1 Å². The first-order chi connectivity index (χ1) is 7.13. The number of hydrogen-bond acceptors (Lipinski definition) is 3. The second-order valence-electron chi connectivity index (χ2n) is 2.63. The molecule has 1 aromatic rings. The largest absolute Gasteiger partial charge is 0.361 e. The van der Waals surface area contributed by atoms with Gasteiger partial charge >= 0.3 is 0 Å². The van der Waals surface area contributed by atoms with Crippen LogP contribution >= 0.6 is 22.6 Å². The third kappa shape index (κ3) is 3.67. The highest BCUT2D eigenvalue weighted by atomic mass is 127. The Morgan fingerprint density at radius 3 is 2.93 bits per heavy atom. The van der Waals surface area contributed by atoms with E-state index in [9.17, 15) is 4.39 Å². The Kier molecular flexibility index (Phi) is 4.24. The van der Waals surface area contributed by atoms with Crippen LogP contribution < -0.4 is 5.32 Å². The number of nitrogens with one attached hydrogen (secondary N) is 2. The lowest BCUT2D eigenvalue weighted by atomic mass is 10.3. The molecule has 0 fully saturated rings. The van der Waals surface area contributed by atoms with Crippen LogP contribution in [0.25, 0.3) is 0 Å². The van der Waals surface area contributed by atoms with E-state index >= 15 is 0 Å². The molecule has 0 aliphatic rings. The van der Waals surface area contributed by atoms with Crippen molar-refractivity contribution in [2.24, 2.45) is 0 Å². The highest BCUT2D eigenvalue weighted by Crippen LogP contribution is 2.18. The molecule has 0 saturated carbocycles. The van der Waals surface area contributed by atoms with E-state index in [0.717, 1.165) is 9.26 Å². The number of halogens is 2.